The summed E-state index contributed by atoms with van der Waals surface area (Å²) < 4.78 is 0. The van der Waals surface area contributed by atoms with Crippen molar-refractivity contribution in [3.63, 3.8) is 0 Å². The smallest absolute Gasteiger partial charge is 0.186 e. The number of carbonyl (C=O) groups excluding carboxylic acids is 1. The van der Waals surface area contributed by atoms with Crippen LogP contribution in [0, 0.1) is 5.92 Å². The van der Waals surface area contributed by atoms with E-state index in [9.17, 15) is 4.79 Å². The number of carbonyl (C=O) groups is 1. The first-order valence-electron chi connectivity index (χ1n) is 6.99. The Morgan fingerprint density at radius 3 is 2.89 bits per heavy atom. The number of fused-ring (bicyclic) bond motifs is 1. The predicted octanol–water partition coefficient (Wildman–Crippen LogP) is 3.50. The summed E-state index contributed by atoms with van der Waals surface area (Å²) in [5.41, 5.74) is 0. The van der Waals surface area contributed by atoms with Crippen molar-refractivity contribution in [2.24, 2.45) is 5.92 Å². The van der Waals surface area contributed by atoms with Crippen molar-refractivity contribution in [2.45, 2.75) is 51.5 Å². The molecule has 1 saturated carbocycles. The number of aromatic nitrogens is 1. The quantitative estimate of drug-likeness (QED) is 0.766. The molecule has 98 valence electrons. The average Bonchev–Trinajstić information content (AvgIpc) is 2.87. The number of nitrogens with zero attached hydrogens (tertiary/aromatic N) is 2. The van der Waals surface area contributed by atoms with E-state index in [1.165, 1.54) is 38.5 Å². The molecule has 0 spiro atoms. The number of ketones is 1. The summed E-state index contributed by atoms with van der Waals surface area (Å²) in [5, 5.41) is 1.07. The fraction of sp³-hybridized carbons (Fsp3) is 0.714. The van der Waals surface area contributed by atoms with Gasteiger partial charge in [-0.15, -0.1) is 0 Å². The summed E-state index contributed by atoms with van der Waals surface area (Å²) in [6.45, 7) is 2.74. The highest BCUT2D eigenvalue weighted by atomic mass is 32.1. The third-order valence-electron chi connectivity index (χ3n) is 4.33. The number of rotatable bonds is 2. The zero-order chi connectivity index (χ0) is 12.5. The number of piperidine rings is 1. The van der Waals surface area contributed by atoms with E-state index in [-0.39, 0.29) is 5.78 Å². The zero-order valence-corrected chi connectivity index (χ0v) is 11.7. The molecular weight excluding hydrogens is 244 g/mol. The molecule has 2 fully saturated rings. The maximum Gasteiger partial charge on any atom is 0.186 e. The summed E-state index contributed by atoms with van der Waals surface area (Å²) in [7, 11) is 0. The van der Waals surface area contributed by atoms with Gasteiger partial charge in [-0.2, -0.15) is 0 Å². The Hall–Kier alpha value is -0.900. The molecule has 0 amide bonds. The van der Waals surface area contributed by atoms with Crippen molar-refractivity contribution in [1.29, 1.82) is 0 Å². The normalized spacial score (nSPS) is 27.9. The highest BCUT2D eigenvalue weighted by Crippen LogP contribution is 2.38. The van der Waals surface area contributed by atoms with Gasteiger partial charge in [0, 0.05) is 19.5 Å². The SMILES string of the molecule is CC(=O)c1cnc(N2CCCC3CCCCC32)s1. The minimum absolute atomic E-state index is 0.135. The molecule has 3 nitrogen and oxygen atoms in total. The van der Waals surface area contributed by atoms with Crippen LogP contribution in [-0.2, 0) is 0 Å². The third kappa shape index (κ3) is 2.18. The molecular formula is C14H20N2OS. The van der Waals surface area contributed by atoms with Crippen molar-refractivity contribution in [2.75, 3.05) is 11.4 Å². The highest BCUT2D eigenvalue weighted by molar-refractivity contribution is 7.17. The van der Waals surface area contributed by atoms with E-state index in [0.717, 1.165) is 22.5 Å². The molecule has 1 aromatic rings. The van der Waals surface area contributed by atoms with E-state index < -0.39 is 0 Å². The molecule has 1 aliphatic carbocycles. The van der Waals surface area contributed by atoms with Crippen LogP contribution in [0.15, 0.2) is 6.20 Å². The number of hydrogen-bond donors (Lipinski definition) is 0. The molecule has 1 aliphatic heterocycles. The Bertz CT molecular complexity index is 441. The lowest BCUT2D eigenvalue weighted by Gasteiger charge is -2.44. The van der Waals surface area contributed by atoms with Crippen LogP contribution in [0.5, 0.6) is 0 Å². The molecule has 2 heterocycles. The number of hydrogen-bond acceptors (Lipinski definition) is 4. The van der Waals surface area contributed by atoms with Gasteiger partial charge in [0.2, 0.25) is 0 Å². The Balaban J connectivity index is 1.82. The van der Waals surface area contributed by atoms with Gasteiger partial charge in [0.1, 0.15) is 0 Å². The molecule has 3 rings (SSSR count). The third-order valence-corrected chi connectivity index (χ3v) is 5.46. The summed E-state index contributed by atoms with van der Waals surface area (Å²) in [6, 6.07) is 0.679. The average molecular weight is 264 g/mol. The molecule has 2 aliphatic rings. The van der Waals surface area contributed by atoms with Gasteiger partial charge in [-0.25, -0.2) is 4.98 Å². The maximum atomic E-state index is 11.4. The van der Waals surface area contributed by atoms with Crippen LogP contribution in [0.2, 0.25) is 0 Å². The molecule has 1 saturated heterocycles. The van der Waals surface area contributed by atoms with Crippen molar-refractivity contribution in [3.8, 4) is 0 Å². The van der Waals surface area contributed by atoms with E-state index in [1.807, 2.05) is 0 Å². The Morgan fingerprint density at radius 2 is 2.11 bits per heavy atom. The Labute approximate surface area is 112 Å². The van der Waals surface area contributed by atoms with E-state index in [0.29, 0.717) is 6.04 Å². The maximum absolute atomic E-state index is 11.4. The summed E-state index contributed by atoms with van der Waals surface area (Å²) >= 11 is 1.57. The number of Topliss-reactive ketones (excluding diaryl/α,β-unsaturated/α-hetero) is 1. The zero-order valence-electron chi connectivity index (χ0n) is 10.9. The van der Waals surface area contributed by atoms with Crippen LogP contribution in [0.25, 0.3) is 0 Å². The monoisotopic (exact) mass is 264 g/mol. The van der Waals surface area contributed by atoms with E-state index in [2.05, 4.69) is 9.88 Å². The number of anilines is 1. The molecule has 0 bridgehead atoms. The Morgan fingerprint density at radius 1 is 1.33 bits per heavy atom. The molecule has 1 aromatic heterocycles. The molecule has 2 atom stereocenters. The first-order chi connectivity index (χ1) is 8.75. The van der Waals surface area contributed by atoms with Gasteiger partial charge in [0.15, 0.2) is 10.9 Å². The highest BCUT2D eigenvalue weighted by Gasteiger charge is 2.34. The van der Waals surface area contributed by atoms with Gasteiger partial charge >= 0.3 is 0 Å². The molecule has 0 aromatic carbocycles. The second-order valence-electron chi connectivity index (χ2n) is 5.51. The van der Waals surface area contributed by atoms with Gasteiger partial charge in [-0.05, 0) is 31.6 Å². The summed E-state index contributed by atoms with van der Waals surface area (Å²) in [6.07, 6.45) is 9.83. The second kappa shape index (κ2) is 5.00. The van der Waals surface area contributed by atoms with E-state index in [4.69, 9.17) is 0 Å². The molecule has 0 radical (unpaired) electrons. The molecule has 18 heavy (non-hydrogen) atoms. The fourth-order valence-corrected chi connectivity index (χ4v) is 4.32. The van der Waals surface area contributed by atoms with Crippen LogP contribution in [-0.4, -0.2) is 23.4 Å². The van der Waals surface area contributed by atoms with Crippen molar-refractivity contribution < 1.29 is 4.79 Å². The lowest BCUT2D eigenvalue weighted by molar-refractivity contribution is 0.102. The van der Waals surface area contributed by atoms with Crippen LogP contribution in [0.3, 0.4) is 0 Å². The van der Waals surface area contributed by atoms with Crippen molar-refractivity contribution >= 4 is 22.3 Å². The van der Waals surface area contributed by atoms with E-state index >= 15 is 0 Å². The Kier molecular flexibility index (Phi) is 3.37. The summed E-state index contributed by atoms with van der Waals surface area (Å²) in [5.74, 6) is 0.994. The van der Waals surface area contributed by atoms with Crippen LogP contribution >= 0.6 is 11.3 Å². The molecule has 4 heteroatoms. The fourth-order valence-electron chi connectivity index (χ4n) is 3.42. The minimum Gasteiger partial charge on any atom is -0.345 e. The molecule has 0 N–H and O–H groups in total. The molecule has 2 unspecified atom stereocenters. The van der Waals surface area contributed by atoms with Crippen LogP contribution in [0.4, 0.5) is 5.13 Å². The largest absolute Gasteiger partial charge is 0.345 e. The first-order valence-corrected chi connectivity index (χ1v) is 7.81. The van der Waals surface area contributed by atoms with Gasteiger partial charge < -0.3 is 4.90 Å². The summed E-state index contributed by atoms with van der Waals surface area (Å²) in [4.78, 5) is 19.1. The number of thiazole rings is 1. The predicted molar refractivity (Wildman–Crippen MR) is 74.4 cm³/mol. The lowest BCUT2D eigenvalue weighted by Crippen LogP contribution is -2.46. The van der Waals surface area contributed by atoms with Gasteiger partial charge in [-0.1, -0.05) is 24.2 Å². The standard InChI is InChI=1S/C14H20N2OS/c1-10(17)13-9-15-14(18-13)16-8-4-6-11-5-2-3-7-12(11)16/h9,11-12H,2-8H2,1H3. The van der Waals surface area contributed by atoms with Crippen molar-refractivity contribution in [3.05, 3.63) is 11.1 Å². The van der Waals surface area contributed by atoms with Gasteiger partial charge in [0.25, 0.3) is 0 Å². The van der Waals surface area contributed by atoms with Crippen LogP contribution in [0.1, 0.15) is 55.1 Å². The van der Waals surface area contributed by atoms with E-state index in [1.54, 1.807) is 24.5 Å². The van der Waals surface area contributed by atoms with Crippen LogP contribution < -0.4 is 4.90 Å². The minimum atomic E-state index is 0.135. The topological polar surface area (TPSA) is 33.2 Å². The lowest BCUT2D eigenvalue weighted by atomic mass is 9.78. The second-order valence-corrected chi connectivity index (χ2v) is 6.52. The van der Waals surface area contributed by atoms with Gasteiger partial charge in [-0.3, -0.25) is 4.79 Å². The van der Waals surface area contributed by atoms with Gasteiger partial charge in [0.05, 0.1) is 11.1 Å². The van der Waals surface area contributed by atoms with Crippen molar-refractivity contribution in [1.82, 2.24) is 4.98 Å². The first kappa shape index (κ1) is 12.2.